The van der Waals surface area contributed by atoms with E-state index in [0.29, 0.717) is 42.7 Å². The van der Waals surface area contributed by atoms with Crippen molar-refractivity contribution in [1.82, 2.24) is 10.3 Å². The van der Waals surface area contributed by atoms with E-state index in [1.165, 1.54) is 30.5 Å². The van der Waals surface area contributed by atoms with Crippen LogP contribution in [0.15, 0.2) is 72.0 Å². The normalized spacial score (nSPS) is 10.9. The lowest BCUT2D eigenvalue weighted by Gasteiger charge is -2.09. The molecule has 3 N–H and O–H groups in total. The monoisotopic (exact) mass is 468 g/mol. The number of amides is 1. The van der Waals surface area contributed by atoms with Crippen molar-refractivity contribution in [3.05, 3.63) is 78.2 Å². The SMILES string of the molecule is CCOc1ccc(OCCNC(=O)CO/N=C(/N)c2ccc(Oc3ccc(F)cc3)nc2)cc1. The van der Waals surface area contributed by atoms with Crippen molar-refractivity contribution in [2.24, 2.45) is 10.9 Å². The molecule has 0 aliphatic rings. The summed E-state index contributed by atoms with van der Waals surface area (Å²) in [6.07, 6.45) is 1.44. The summed E-state index contributed by atoms with van der Waals surface area (Å²) in [5.41, 5.74) is 6.34. The van der Waals surface area contributed by atoms with Gasteiger partial charge >= 0.3 is 0 Å². The minimum atomic E-state index is -0.368. The molecule has 0 unspecified atom stereocenters. The molecule has 0 spiro atoms. The minimum Gasteiger partial charge on any atom is -0.494 e. The van der Waals surface area contributed by atoms with E-state index >= 15 is 0 Å². The van der Waals surface area contributed by atoms with Crippen LogP contribution < -0.4 is 25.3 Å². The van der Waals surface area contributed by atoms with E-state index in [2.05, 4.69) is 15.5 Å². The fraction of sp³-hybridized carbons (Fsp3) is 0.208. The highest BCUT2D eigenvalue weighted by Crippen LogP contribution is 2.19. The van der Waals surface area contributed by atoms with E-state index in [1.54, 1.807) is 24.3 Å². The predicted octanol–water partition coefficient (Wildman–Crippen LogP) is 3.24. The molecule has 1 heterocycles. The largest absolute Gasteiger partial charge is 0.494 e. The van der Waals surface area contributed by atoms with Crippen molar-refractivity contribution in [2.75, 3.05) is 26.4 Å². The molecule has 0 bridgehead atoms. The second kappa shape index (κ2) is 12.6. The quantitative estimate of drug-likeness (QED) is 0.181. The van der Waals surface area contributed by atoms with Crippen LogP contribution in [0, 0.1) is 5.82 Å². The van der Waals surface area contributed by atoms with Crippen LogP contribution >= 0.6 is 0 Å². The Morgan fingerprint density at radius 3 is 2.32 bits per heavy atom. The lowest BCUT2D eigenvalue weighted by atomic mass is 10.3. The maximum atomic E-state index is 12.9. The maximum Gasteiger partial charge on any atom is 0.260 e. The molecule has 2 aromatic carbocycles. The molecule has 0 fully saturated rings. The van der Waals surface area contributed by atoms with E-state index < -0.39 is 0 Å². The number of pyridine rings is 1. The molecule has 0 aliphatic heterocycles. The van der Waals surface area contributed by atoms with Gasteiger partial charge in [-0.15, -0.1) is 0 Å². The molecule has 0 saturated carbocycles. The molecule has 178 valence electrons. The topological polar surface area (TPSA) is 117 Å². The first kappa shape index (κ1) is 24.3. The Bertz CT molecular complexity index is 1070. The molecule has 0 atom stereocenters. The van der Waals surface area contributed by atoms with Gasteiger partial charge in [-0.3, -0.25) is 4.79 Å². The molecule has 0 radical (unpaired) electrons. The number of nitrogens with one attached hydrogen (secondary N) is 1. The minimum absolute atomic E-state index is 0.0486. The molecular formula is C24H25FN4O5. The van der Waals surface area contributed by atoms with Crippen molar-refractivity contribution in [2.45, 2.75) is 6.92 Å². The summed E-state index contributed by atoms with van der Waals surface area (Å²) in [7, 11) is 0. The van der Waals surface area contributed by atoms with Crippen LogP contribution in [0.1, 0.15) is 12.5 Å². The Hall–Kier alpha value is -4.34. The Morgan fingerprint density at radius 1 is 1.00 bits per heavy atom. The number of halogens is 1. The molecule has 34 heavy (non-hydrogen) atoms. The number of nitrogens with zero attached hydrogens (tertiary/aromatic N) is 2. The summed E-state index contributed by atoms with van der Waals surface area (Å²) < 4.78 is 29.4. The van der Waals surface area contributed by atoms with Gasteiger partial charge in [-0.05, 0) is 61.5 Å². The van der Waals surface area contributed by atoms with Crippen molar-refractivity contribution in [3.63, 3.8) is 0 Å². The van der Waals surface area contributed by atoms with Gasteiger partial charge < -0.3 is 30.1 Å². The first-order valence-corrected chi connectivity index (χ1v) is 10.5. The van der Waals surface area contributed by atoms with Gasteiger partial charge in [0.25, 0.3) is 5.91 Å². The number of hydrogen-bond donors (Lipinski definition) is 2. The molecule has 0 aliphatic carbocycles. The number of aromatic nitrogens is 1. The van der Waals surface area contributed by atoms with Crippen LogP contribution in [-0.2, 0) is 9.63 Å². The number of amidine groups is 1. The van der Waals surface area contributed by atoms with Gasteiger partial charge in [0.05, 0.1) is 13.2 Å². The number of hydrogen-bond acceptors (Lipinski definition) is 7. The van der Waals surface area contributed by atoms with Crippen LogP contribution in [0.25, 0.3) is 0 Å². The van der Waals surface area contributed by atoms with E-state index in [-0.39, 0.29) is 24.2 Å². The lowest BCUT2D eigenvalue weighted by molar-refractivity contribution is -0.125. The molecule has 1 amide bonds. The smallest absolute Gasteiger partial charge is 0.260 e. The predicted molar refractivity (Wildman–Crippen MR) is 124 cm³/mol. The summed E-state index contributed by atoms with van der Waals surface area (Å²) in [4.78, 5) is 21.0. The fourth-order valence-electron chi connectivity index (χ4n) is 2.64. The van der Waals surface area contributed by atoms with Crippen LogP contribution in [-0.4, -0.2) is 43.1 Å². The van der Waals surface area contributed by atoms with Crippen molar-refractivity contribution in [3.8, 4) is 23.1 Å². The molecule has 0 saturated heterocycles. The number of carbonyl (C=O) groups excluding carboxylic acids is 1. The Balaban J connectivity index is 1.35. The number of ether oxygens (including phenoxy) is 3. The highest BCUT2D eigenvalue weighted by atomic mass is 19.1. The van der Waals surface area contributed by atoms with E-state index in [4.69, 9.17) is 24.8 Å². The molecule has 3 rings (SSSR count). The second-order valence-electron chi connectivity index (χ2n) is 6.79. The number of carbonyl (C=O) groups is 1. The Labute approximate surface area is 196 Å². The van der Waals surface area contributed by atoms with Crippen LogP contribution in [0.4, 0.5) is 4.39 Å². The van der Waals surface area contributed by atoms with Gasteiger partial charge in [0.1, 0.15) is 29.7 Å². The van der Waals surface area contributed by atoms with Crippen LogP contribution in [0.2, 0.25) is 0 Å². The second-order valence-corrected chi connectivity index (χ2v) is 6.79. The van der Waals surface area contributed by atoms with E-state index in [9.17, 15) is 9.18 Å². The zero-order chi connectivity index (χ0) is 24.2. The maximum absolute atomic E-state index is 12.9. The van der Waals surface area contributed by atoms with Gasteiger partial charge in [0.2, 0.25) is 5.88 Å². The van der Waals surface area contributed by atoms with Gasteiger partial charge in [-0.1, -0.05) is 5.16 Å². The van der Waals surface area contributed by atoms with Crippen molar-refractivity contribution >= 4 is 11.7 Å². The third-order valence-electron chi connectivity index (χ3n) is 4.25. The average molecular weight is 468 g/mol. The van der Waals surface area contributed by atoms with E-state index in [0.717, 1.165) is 5.75 Å². The number of rotatable bonds is 12. The zero-order valence-corrected chi connectivity index (χ0v) is 18.6. The lowest BCUT2D eigenvalue weighted by Crippen LogP contribution is -2.31. The standard InChI is InChI=1S/C24H25FN4O5/c1-2-31-19-8-10-20(11-9-19)32-14-13-27-22(30)16-33-29-24(26)17-3-12-23(28-15-17)34-21-6-4-18(25)5-7-21/h3-12,15H,2,13-14,16H2,1H3,(H2,26,29)(H,27,30). The molecule has 1 aromatic heterocycles. The van der Waals surface area contributed by atoms with Crippen molar-refractivity contribution in [1.29, 1.82) is 0 Å². The summed E-state index contributed by atoms with van der Waals surface area (Å²) in [5.74, 6) is 1.52. The van der Waals surface area contributed by atoms with Crippen LogP contribution in [0.3, 0.4) is 0 Å². The highest BCUT2D eigenvalue weighted by Gasteiger charge is 2.05. The molecular weight excluding hydrogens is 443 g/mol. The highest BCUT2D eigenvalue weighted by molar-refractivity contribution is 5.96. The fourth-order valence-corrected chi connectivity index (χ4v) is 2.64. The summed E-state index contributed by atoms with van der Waals surface area (Å²) in [5, 5.41) is 6.38. The Morgan fingerprint density at radius 2 is 1.68 bits per heavy atom. The van der Waals surface area contributed by atoms with Crippen molar-refractivity contribution < 1.29 is 28.2 Å². The Kier molecular flexibility index (Phi) is 9.03. The number of oxime groups is 1. The first-order chi connectivity index (χ1) is 16.5. The van der Waals surface area contributed by atoms with Crippen LogP contribution in [0.5, 0.6) is 23.1 Å². The third kappa shape index (κ3) is 7.97. The first-order valence-electron chi connectivity index (χ1n) is 10.5. The molecule has 3 aromatic rings. The summed E-state index contributed by atoms with van der Waals surface area (Å²) in [6, 6.07) is 16.0. The number of nitrogens with two attached hydrogens (primary N) is 1. The van der Waals surface area contributed by atoms with Gasteiger partial charge in [-0.2, -0.15) is 0 Å². The van der Waals surface area contributed by atoms with Gasteiger partial charge in [0.15, 0.2) is 12.4 Å². The summed E-state index contributed by atoms with van der Waals surface area (Å²) in [6.45, 7) is 2.81. The molecule has 9 nitrogen and oxygen atoms in total. The summed E-state index contributed by atoms with van der Waals surface area (Å²) >= 11 is 0. The average Bonchev–Trinajstić information content (AvgIpc) is 2.85. The number of benzene rings is 2. The molecule has 10 heteroatoms. The van der Waals surface area contributed by atoms with Gasteiger partial charge in [0, 0.05) is 17.8 Å². The zero-order valence-electron chi connectivity index (χ0n) is 18.6. The van der Waals surface area contributed by atoms with Gasteiger partial charge in [-0.25, -0.2) is 9.37 Å². The third-order valence-corrected chi connectivity index (χ3v) is 4.25. The van der Waals surface area contributed by atoms with E-state index in [1.807, 2.05) is 19.1 Å².